The highest BCUT2D eigenvalue weighted by Crippen LogP contribution is 2.46. The van der Waals surface area contributed by atoms with Crippen LogP contribution in [0.3, 0.4) is 0 Å². The van der Waals surface area contributed by atoms with E-state index in [2.05, 4.69) is 0 Å². The fraction of sp³-hybridized carbons (Fsp3) is 0. The van der Waals surface area contributed by atoms with Gasteiger partial charge in [0.1, 0.15) is 0 Å². The van der Waals surface area contributed by atoms with Crippen molar-refractivity contribution in [2.24, 2.45) is 0 Å². The maximum absolute atomic E-state index is 9.53. The molecule has 0 bridgehead atoms. The highest BCUT2D eigenvalue weighted by atomic mass is 14.2. The fourth-order valence-electron chi connectivity index (χ4n) is 7.27. The molecule has 230 valence electrons. The summed E-state index contributed by atoms with van der Waals surface area (Å²) in [4.78, 5) is 0. The first-order valence-electron chi connectivity index (χ1n) is 25.0. The largest absolute Gasteiger partial charge is 0.0630 e. The van der Waals surface area contributed by atoms with Crippen LogP contribution in [0.4, 0.5) is 0 Å². The van der Waals surface area contributed by atoms with Crippen molar-refractivity contribution in [3.63, 3.8) is 0 Å². The van der Waals surface area contributed by atoms with Gasteiger partial charge in [0.2, 0.25) is 0 Å². The van der Waals surface area contributed by atoms with Crippen LogP contribution in [-0.4, -0.2) is 0 Å². The fourth-order valence-corrected chi connectivity index (χ4v) is 7.27. The zero-order valence-corrected chi connectivity index (χ0v) is 25.9. The zero-order chi connectivity index (χ0) is 48.4. The zero-order valence-electron chi connectivity index (χ0n) is 43.9. The molecule has 0 saturated heterocycles. The minimum absolute atomic E-state index is 0.000792. The molecule has 0 atom stereocenters. The predicted octanol–water partition coefficient (Wildman–Crippen LogP) is 14.1. The van der Waals surface area contributed by atoms with Crippen LogP contribution >= 0.6 is 0 Å². The van der Waals surface area contributed by atoms with Crippen LogP contribution in [0.2, 0.25) is 0 Å². The van der Waals surface area contributed by atoms with Gasteiger partial charge in [-0.1, -0.05) is 175 Å². The molecule has 0 fully saturated rings. The van der Waals surface area contributed by atoms with Crippen molar-refractivity contribution in [1.82, 2.24) is 0 Å². The van der Waals surface area contributed by atoms with Crippen LogP contribution in [0.25, 0.3) is 109 Å². The first kappa shape index (κ1) is 15.4. The third-order valence-electron chi connectivity index (χ3n) is 9.50. The van der Waals surface area contributed by atoms with E-state index in [4.69, 9.17) is 15.1 Å². The topological polar surface area (TPSA) is 0 Å². The van der Waals surface area contributed by atoms with E-state index in [1.54, 1.807) is 42.5 Å². The van der Waals surface area contributed by atoms with Crippen molar-refractivity contribution in [3.8, 4) is 44.5 Å². The van der Waals surface area contributed by atoms with E-state index in [1.807, 2.05) is 30.3 Å². The van der Waals surface area contributed by atoms with Crippen LogP contribution in [0, 0.1) is 0 Å². The maximum Gasteiger partial charge on any atom is 0.0630 e. The molecular weight excluding hydrogens is 601 g/mol. The second kappa shape index (κ2) is 10.5. The first-order chi connectivity index (χ1) is 32.3. The van der Waals surface area contributed by atoms with Crippen molar-refractivity contribution < 1.29 is 24.7 Å². The molecule has 0 unspecified atom stereocenters. The number of hydrogen-bond donors (Lipinski definition) is 0. The Bertz CT molecular complexity index is 4060. The molecular formula is C50H30. The van der Waals surface area contributed by atoms with Crippen molar-refractivity contribution in [2.45, 2.75) is 0 Å². The van der Waals surface area contributed by atoms with Crippen molar-refractivity contribution >= 4 is 64.6 Å². The molecule has 11 rings (SSSR count). The van der Waals surface area contributed by atoms with Gasteiger partial charge in [0.25, 0.3) is 0 Å². The van der Waals surface area contributed by atoms with Crippen molar-refractivity contribution in [2.75, 3.05) is 0 Å². The Hall–Kier alpha value is -6.50. The molecule has 0 saturated carbocycles. The molecule has 0 aliphatic rings. The molecule has 0 heterocycles. The minimum atomic E-state index is -0.570. The lowest BCUT2D eigenvalue weighted by molar-refractivity contribution is 1.57. The first-order valence-corrected chi connectivity index (χ1v) is 16.0. The monoisotopic (exact) mass is 648 g/mol. The average molecular weight is 649 g/mol. The summed E-state index contributed by atoms with van der Waals surface area (Å²) in [5, 5.41) is -0.786. The SMILES string of the molecule is [2H]c1c([2H])c2c([2H])c([2H])c3c([2H])c([2H])c(-c4ccc(-c5ccccc5-c5c([2H])c([2H])c6c([2H])c([2H])c7c([2H])c([2H])c([2H])c8c([2H])c([2H])c5c6c78)c(-c5ccccc5)c4)c4c([2H])c([2H])c(c1[2H])c2c34. The van der Waals surface area contributed by atoms with Crippen LogP contribution < -0.4 is 0 Å². The van der Waals surface area contributed by atoms with Crippen molar-refractivity contribution in [3.05, 3.63) is 182 Å². The maximum atomic E-state index is 9.53. The molecule has 0 N–H and O–H groups in total. The molecule has 0 amide bonds. The van der Waals surface area contributed by atoms with E-state index in [0.29, 0.717) is 33.4 Å². The lowest BCUT2D eigenvalue weighted by Gasteiger charge is -2.19. The van der Waals surface area contributed by atoms with Gasteiger partial charge < -0.3 is 0 Å². The van der Waals surface area contributed by atoms with E-state index < -0.39 is 109 Å². The van der Waals surface area contributed by atoms with Gasteiger partial charge in [-0.3, -0.25) is 0 Å². The molecule has 0 aliphatic heterocycles. The second-order valence-corrected chi connectivity index (χ2v) is 12.2. The van der Waals surface area contributed by atoms with E-state index >= 15 is 0 Å². The Labute approximate surface area is 315 Å². The quantitative estimate of drug-likeness (QED) is 0.167. The van der Waals surface area contributed by atoms with Crippen LogP contribution in [0.15, 0.2) is 182 Å². The molecule has 0 aliphatic carbocycles. The van der Waals surface area contributed by atoms with Crippen LogP contribution in [0.1, 0.15) is 24.7 Å². The second-order valence-electron chi connectivity index (χ2n) is 12.2. The average Bonchev–Trinajstić information content (AvgIpc) is 3.33. The summed E-state index contributed by atoms with van der Waals surface area (Å²) < 4.78 is 163. The highest BCUT2D eigenvalue weighted by Gasteiger charge is 2.19. The van der Waals surface area contributed by atoms with Crippen LogP contribution in [0.5, 0.6) is 0 Å². The smallest absolute Gasteiger partial charge is 0.0622 e. The molecule has 0 radical (unpaired) electrons. The van der Waals surface area contributed by atoms with E-state index in [0.717, 1.165) is 0 Å². The molecule has 0 aromatic heterocycles. The summed E-state index contributed by atoms with van der Waals surface area (Å²) in [7, 11) is 0. The third kappa shape index (κ3) is 3.94. The standard InChI is InChI=1S/C50H30/c1-2-8-31(9-3-1)46-30-38(39-25-20-36-18-16-32-10-6-12-34-22-28-44(39)49(36)47(32)34)24-27-43(46)41-15-5-4-14-40(41)42-26-21-37-19-17-33-11-7-13-35-23-29-45(42)50(37)48(33)35/h1-30H/i6D,7D,10D,11D,12D,13D,16D,17D,18D,19D,20D,21D,22D,23D,25D,26D,28D,29D. The summed E-state index contributed by atoms with van der Waals surface area (Å²) in [6.07, 6.45) is 0. The third-order valence-corrected chi connectivity index (χ3v) is 9.50. The van der Waals surface area contributed by atoms with E-state index in [1.165, 1.54) is 0 Å². The summed E-state index contributed by atoms with van der Waals surface area (Å²) in [5.41, 5.74) is 2.96. The van der Waals surface area contributed by atoms with Crippen LogP contribution in [-0.2, 0) is 0 Å². The van der Waals surface area contributed by atoms with Gasteiger partial charge in [-0.05, 0) is 115 Å². The normalized spacial score (nSPS) is 17.0. The lowest BCUT2D eigenvalue weighted by Crippen LogP contribution is -1.93. The Morgan fingerprint density at radius 1 is 0.280 bits per heavy atom. The number of benzene rings is 11. The Morgan fingerprint density at radius 2 is 0.720 bits per heavy atom. The minimum Gasteiger partial charge on any atom is -0.0622 e. The van der Waals surface area contributed by atoms with E-state index in [9.17, 15) is 9.60 Å². The molecule has 11 aromatic rings. The predicted molar refractivity (Wildman–Crippen MR) is 216 cm³/mol. The molecule has 0 nitrogen and oxygen atoms in total. The Morgan fingerprint density at radius 3 is 1.32 bits per heavy atom. The van der Waals surface area contributed by atoms with Gasteiger partial charge in [-0.25, -0.2) is 0 Å². The summed E-state index contributed by atoms with van der Waals surface area (Å²) in [6.45, 7) is 0. The van der Waals surface area contributed by atoms with Gasteiger partial charge in [-0.2, -0.15) is 0 Å². The van der Waals surface area contributed by atoms with Gasteiger partial charge >= 0.3 is 0 Å². The van der Waals surface area contributed by atoms with Gasteiger partial charge in [0, 0.05) is 0 Å². The van der Waals surface area contributed by atoms with Gasteiger partial charge in [0.05, 0.1) is 24.7 Å². The lowest BCUT2D eigenvalue weighted by atomic mass is 9.84. The Kier molecular flexibility index (Phi) is 3.23. The number of hydrogen-bond acceptors (Lipinski definition) is 0. The summed E-state index contributed by atoms with van der Waals surface area (Å²) in [5.74, 6) is 0. The molecule has 11 aromatic carbocycles. The van der Waals surface area contributed by atoms with Gasteiger partial charge in [-0.15, -0.1) is 0 Å². The highest BCUT2D eigenvalue weighted by molar-refractivity contribution is 6.27. The molecule has 50 heavy (non-hydrogen) atoms. The Balaban J connectivity index is 1.26. The summed E-state index contributed by atoms with van der Waals surface area (Å²) in [6, 6.07) is 12.5. The molecule has 0 heteroatoms. The molecule has 0 spiro atoms. The number of rotatable bonds is 4. The summed E-state index contributed by atoms with van der Waals surface area (Å²) >= 11 is 0. The van der Waals surface area contributed by atoms with E-state index in [-0.39, 0.29) is 75.8 Å². The van der Waals surface area contributed by atoms with Crippen molar-refractivity contribution in [1.29, 1.82) is 0 Å². The van der Waals surface area contributed by atoms with Gasteiger partial charge in [0.15, 0.2) is 0 Å².